The van der Waals surface area contributed by atoms with Crippen LogP contribution < -0.4 is 15.5 Å². The molecule has 0 spiro atoms. The summed E-state index contributed by atoms with van der Waals surface area (Å²) >= 11 is 1.30. The van der Waals surface area contributed by atoms with Gasteiger partial charge in [-0.2, -0.15) is 5.10 Å². The Balaban J connectivity index is 1.35. The summed E-state index contributed by atoms with van der Waals surface area (Å²) in [6, 6.07) is 13.6. The molecule has 9 nitrogen and oxygen atoms in total. The molecule has 2 amide bonds. The predicted molar refractivity (Wildman–Crippen MR) is 148 cm³/mol. The number of carbonyl (C=O) groups excluding carboxylic acids is 4. The Hall–Kier alpha value is -4.31. The van der Waals surface area contributed by atoms with Crippen LogP contribution in [0, 0.1) is 12.8 Å². The van der Waals surface area contributed by atoms with E-state index in [1.165, 1.54) is 17.6 Å². The molecule has 1 heterocycles. The molecule has 0 fully saturated rings. The summed E-state index contributed by atoms with van der Waals surface area (Å²) < 4.78 is 10.6. The summed E-state index contributed by atoms with van der Waals surface area (Å²) in [7, 11) is 0. The van der Waals surface area contributed by atoms with Gasteiger partial charge >= 0.3 is 23.8 Å². The summed E-state index contributed by atoms with van der Waals surface area (Å²) in [5.41, 5.74) is 5.42. The number of aryl methyl sites for hydroxylation is 1. The van der Waals surface area contributed by atoms with Crippen LogP contribution in [0.1, 0.15) is 62.6 Å². The molecule has 39 heavy (non-hydrogen) atoms. The zero-order valence-electron chi connectivity index (χ0n) is 21.9. The van der Waals surface area contributed by atoms with Gasteiger partial charge in [0.2, 0.25) is 0 Å². The number of carbonyl (C=O) groups is 4. The lowest BCUT2D eigenvalue weighted by Crippen LogP contribution is -2.32. The largest absolute Gasteiger partial charge is 0.462 e. The number of rotatable bonds is 7. The number of thiophene rings is 1. The molecular weight excluding hydrogens is 518 g/mol. The third-order valence-corrected chi connectivity index (χ3v) is 7.32. The van der Waals surface area contributed by atoms with E-state index < -0.39 is 23.8 Å². The molecule has 0 bridgehead atoms. The van der Waals surface area contributed by atoms with Crippen LogP contribution in [0.15, 0.2) is 53.6 Å². The second-order valence-corrected chi connectivity index (χ2v) is 10.4. The van der Waals surface area contributed by atoms with Crippen molar-refractivity contribution >= 4 is 46.3 Å². The molecule has 1 aromatic heterocycles. The highest BCUT2D eigenvalue weighted by atomic mass is 32.1. The van der Waals surface area contributed by atoms with Gasteiger partial charge in [-0.05, 0) is 86.6 Å². The van der Waals surface area contributed by atoms with E-state index in [1.54, 1.807) is 49.4 Å². The summed E-state index contributed by atoms with van der Waals surface area (Å²) in [5.74, 6) is -2.07. The Morgan fingerprint density at radius 2 is 1.85 bits per heavy atom. The zero-order chi connectivity index (χ0) is 27.9. The highest BCUT2D eigenvalue weighted by molar-refractivity contribution is 7.17. The fraction of sp³-hybridized carbons (Fsp3) is 0.276. The molecule has 0 aliphatic heterocycles. The van der Waals surface area contributed by atoms with E-state index in [2.05, 4.69) is 22.8 Å². The Morgan fingerprint density at radius 3 is 2.56 bits per heavy atom. The van der Waals surface area contributed by atoms with Crippen molar-refractivity contribution in [1.82, 2.24) is 5.43 Å². The molecule has 202 valence electrons. The lowest BCUT2D eigenvalue weighted by molar-refractivity contribution is -0.136. The molecule has 1 atom stereocenters. The van der Waals surface area contributed by atoms with Crippen molar-refractivity contribution in [1.29, 1.82) is 0 Å². The van der Waals surface area contributed by atoms with E-state index in [1.807, 2.05) is 13.0 Å². The molecular formula is C29H29N3O6S. The van der Waals surface area contributed by atoms with Crippen molar-refractivity contribution in [3.05, 3.63) is 81.2 Å². The molecule has 0 saturated heterocycles. The van der Waals surface area contributed by atoms with Crippen LogP contribution in [-0.2, 0) is 27.2 Å². The minimum Gasteiger partial charge on any atom is -0.462 e. The fourth-order valence-electron chi connectivity index (χ4n) is 4.19. The number of esters is 2. The van der Waals surface area contributed by atoms with E-state index in [9.17, 15) is 19.2 Å². The summed E-state index contributed by atoms with van der Waals surface area (Å²) in [6.07, 6.45) is 3.82. The number of hydrazone groups is 1. The Morgan fingerprint density at radius 1 is 1.08 bits per heavy atom. The van der Waals surface area contributed by atoms with Gasteiger partial charge in [0.05, 0.1) is 23.9 Å². The molecule has 0 saturated carbocycles. The highest BCUT2D eigenvalue weighted by Crippen LogP contribution is 2.40. The number of fused-ring (bicyclic) bond motifs is 1. The average Bonchev–Trinajstić information content (AvgIpc) is 3.26. The average molecular weight is 548 g/mol. The van der Waals surface area contributed by atoms with Gasteiger partial charge < -0.3 is 14.8 Å². The van der Waals surface area contributed by atoms with Crippen LogP contribution in [0.25, 0.3) is 0 Å². The summed E-state index contributed by atoms with van der Waals surface area (Å²) in [4.78, 5) is 50.9. The summed E-state index contributed by atoms with van der Waals surface area (Å²) in [6.45, 7) is 5.96. The van der Waals surface area contributed by atoms with E-state index in [0.29, 0.717) is 33.4 Å². The number of nitrogens with zero attached hydrogens (tertiary/aromatic N) is 1. The first-order valence-electron chi connectivity index (χ1n) is 12.6. The van der Waals surface area contributed by atoms with Gasteiger partial charge in [-0.15, -0.1) is 11.3 Å². The Kier molecular flexibility index (Phi) is 8.88. The number of nitrogens with one attached hydrogen (secondary N) is 2. The van der Waals surface area contributed by atoms with Crippen LogP contribution in [0.3, 0.4) is 0 Å². The van der Waals surface area contributed by atoms with Gasteiger partial charge in [0.1, 0.15) is 10.8 Å². The topological polar surface area (TPSA) is 123 Å². The second kappa shape index (κ2) is 12.5. The molecule has 2 aromatic carbocycles. The fourth-order valence-corrected chi connectivity index (χ4v) is 5.59. The van der Waals surface area contributed by atoms with Gasteiger partial charge in [-0.3, -0.25) is 9.59 Å². The standard InChI is InChI=1S/C29H29N3O6S/c1-4-37-29(36)24-22-13-8-18(3)15-23(22)39-27(24)31-25(33)26(34)32-30-16-19-9-11-21(12-10-19)38-28(35)20-7-5-6-17(2)14-20/h5-7,9-12,14,16,18H,4,8,13,15H2,1-3H3,(H,31,33)(H,32,34). The number of ether oxygens (including phenoxy) is 2. The first kappa shape index (κ1) is 27.7. The predicted octanol–water partition coefficient (Wildman–Crippen LogP) is 4.67. The first-order chi connectivity index (χ1) is 18.7. The number of hydrogen-bond donors (Lipinski definition) is 2. The molecule has 3 aromatic rings. The highest BCUT2D eigenvalue weighted by Gasteiger charge is 2.30. The van der Waals surface area contributed by atoms with Gasteiger partial charge in [0, 0.05) is 4.88 Å². The van der Waals surface area contributed by atoms with Gasteiger partial charge in [-0.1, -0.05) is 24.6 Å². The minimum absolute atomic E-state index is 0.207. The van der Waals surface area contributed by atoms with Gasteiger partial charge in [0.25, 0.3) is 0 Å². The number of amides is 2. The van der Waals surface area contributed by atoms with Crippen LogP contribution in [0.2, 0.25) is 0 Å². The third-order valence-electron chi connectivity index (χ3n) is 6.15. The lowest BCUT2D eigenvalue weighted by atomic mass is 9.88. The monoisotopic (exact) mass is 547 g/mol. The van der Waals surface area contributed by atoms with Crippen molar-refractivity contribution in [2.75, 3.05) is 11.9 Å². The molecule has 10 heteroatoms. The number of anilines is 1. The van der Waals surface area contributed by atoms with Crippen molar-refractivity contribution in [3.8, 4) is 5.75 Å². The van der Waals surface area contributed by atoms with E-state index in [4.69, 9.17) is 9.47 Å². The molecule has 4 rings (SSSR count). The SMILES string of the molecule is CCOC(=O)c1c(NC(=O)C(=O)NN=Cc2ccc(OC(=O)c3cccc(C)c3)cc2)sc2c1CCC(C)C2. The molecule has 2 N–H and O–H groups in total. The third kappa shape index (κ3) is 6.97. The van der Waals surface area contributed by atoms with E-state index in [-0.39, 0.29) is 6.61 Å². The summed E-state index contributed by atoms with van der Waals surface area (Å²) in [5, 5.41) is 6.70. The van der Waals surface area contributed by atoms with Crippen LogP contribution >= 0.6 is 11.3 Å². The first-order valence-corrected chi connectivity index (χ1v) is 13.4. The number of benzene rings is 2. The van der Waals surface area contributed by atoms with Crippen LogP contribution in [0.5, 0.6) is 5.75 Å². The zero-order valence-corrected chi connectivity index (χ0v) is 22.7. The van der Waals surface area contributed by atoms with Gasteiger partial charge in [-0.25, -0.2) is 15.0 Å². The maximum Gasteiger partial charge on any atom is 0.343 e. The molecule has 1 aliphatic carbocycles. The maximum absolute atomic E-state index is 12.6. The minimum atomic E-state index is -0.982. The van der Waals surface area contributed by atoms with E-state index in [0.717, 1.165) is 35.3 Å². The Labute approximate surface area is 230 Å². The maximum atomic E-state index is 12.6. The normalized spacial score (nSPS) is 14.4. The smallest absolute Gasteiger partial charge is 0.343 e. The van der Waals surface area contributed by atoms with Gasteiger partial charge in [0.15, 0.2) is 0 Å². The van der Waals surface area contributed by atoms with Crippen molar-refractivity contribution in [3.63, 3.8) is 0 Å². The van der Waals surface area contributed by atoms with Crippen LogP contribution in [0.4, 0.5) is 5.00 Å². The van der Waals surface area contributed by atoms with Crippen molar-refractivity contribution < 1.29 is 28.7 Å². The molecule has 1 unspecified atom stereocenters. The molecule has 0 radical (unpaired) electrons. The second-order valence-electron chi connectivity index (χ2n) is 9.26. The Bertz CT molecular complexity index is 1430. The van der Waals surface area contributed by atoms with Crippen molar-refractivity contribution in [2.45, 2.75) is 40.0 Å². The number of hydrogen-bond acceptors (Lipinski definition) is 8. The lowest BCUT2D eigenvalue weighted by Gasteiger charge is -2.18. The van der Waals surface area contributed by atoms with E-state index >= 15 is 0 Å². The quantitative estimate of drug-likeness (QED) is 0.146. The van der Waals surface area contributed by atoms with Crippen molar-refractivity contribution in [2.24, 2.45) is 11.0 Å². The molecule has 1 aliphatic rings. The van der Waals surface area contributed by atoms with Crippen LogP contribution in [-0.4, -0.2) is 36.6 Å².